The van der Waals surface area contributed by atoms with E-state index in [4.69, 9.17) is 4.74 Å². The quantitative estimate of drug-likeness (QED) is 0.693. The van der Waals surface area contributed by atoms with Crippen LogP contribution in [0.15, 0.2) is 47.8 Å². The van der Waals surface area contributed by atoms with E-state index in [-0.39, 0.29) is 5.69 Å². The third-order valence-corrected chi connectivity index (χ3v) is 3.79. The first-order valence-corrected chi connectivity index (χ1v) is 7.10. The maximum atomic E-state index is 11.9. The van der Waals surface area contributed by atoms with Gasteiger partial charge in [-0.15, -0.1) is 4.91 Å². The number of hydrogen-bond donors (Lipinski definition) is 0. The van der Waals surface area contributed by atoms with Crippen molar-refractivity contribution in [2.75, 3.05) is 7.11 Å². The highest BCUT2D eigenvalue weighted by Gasteiger charge is 2.20. The second kappa shape index (κ2) is 6.00. The highest BCUT2D eigenvalue weighted by Crippen LogP contribution is 2.32. The third-order valence-electron chi connectivity index (χ3n) is 3.79. The summed E-state index contributed by atoms with van der Waals surface area (Å²) in [6, 6.07) is 11.0. The molecule has 2 heterocycles. The van der Waals surface area contributed by atoms with Gasteiger partial charge < -0.3 is 9.30 Å². The van der Waals surface area contributed by atoms with Crippen molar-refractivity contribution < 1.29 is 9.53 Å². The molecule has 0 radical (unpaired) electrons. The number of nitroso groups, excluding NO2 is 1. The van der Waals surface area contributed by atoms with Crippen LogP contribution in [0, 0.1) is 11.8 Å². The number of methoxy groups -OCH3 is 1. The largest absolute Gasteiger partial charge is 0.496 e. The van der Waals surface area contributed by atoms with Crippen LogP contribution in [0.2, 0.25) is 0 Å². The average Bonchev–Trinajstić information content (AvgIpc) is 2.96. The van der Waals surface area contributed by atoms with Gasteiger partial charge in [-0.1, -0.05) is 12.1 Å². The van der Waals surface area contributed by atoms with Gasteiger partial charge in [0.05, 0.1) is 24.9 Å². The van der Waals surface area contributed by atoms with Gasteiger partial charge in [-0.2, -0.15) is 0 Å². The van der Waals surface area contributed by atoms with Gasteiger partial charge in [0.2, 0.25) is 0 Å². The summed E-state index contributed by atoms with van der Waals surface area (Å²) >= 11 is 0. The van der Waals surface area contributed by atoms with E-state index in [0.717, 1.165) is 22.2 Å². The van der Waals surface area contributed by atoms with Gasteiger partial charge in [0.25, 0.3) is 0 Å². The molecule has 0 atom stereocenters. The van der Waals surface area contributed by atoms with Crippen LogP contribution >= 0.6 is 0 Å². The molecule has 0 aliphatic carbocycles. The molecule has 116 valence electrons. The van der Waals surface area contributed by atoms with Crippen LogP contribution in [-0.4, -0.2) is 22.6 Å². The topological polar surface area (TPSA) is 73.5 Å². The molecule has 0 aliphatic rings. The zero-order valence-electron chi connectivity index (χ0n) is 12.8. The van der Waals surface area contributed by atoms with Crippen molar-refractivity contribution in [2.24, 2.45) is 5.18 Å². The number of fused-ring (bicyclic) bond motifs is 1. The number of hydrogen-bond acceptors (Lipinski definition) is 4. The molecule has 1 amide bonds. The molecule has 0 aliphatic heterocycles. The molecule has 0 N–H and O–H groups in total. The van der Waals surface area contributed by atoms with Crippen LogP contribution in [0.1, 0.15) is 21.7 Å². The number of carbonyl (C=O) groups excluding carboxylic acids is 1. The highest BCUT2D eigenvalue weighted by molar-refractivity contribution is 6.01. The Hall–Kier alpha value is -3.02. The molecular weight excluding hydrogens is 294 g/mol. The van der Waals surface area contributed by atoms with E-state index in [1.165, 1.54) is 0 Å². The Balaban J connectivity index is 2.28. The number of nitrogens with zero attached hydrogens (tertiary/aromatic N) is 3. The van der Waals surface area contributed by atoms with E-state index in [0.29, 0.717) is 12.3 Å². The number of ether oxygens (including phenoxy) is 1. The number of benzene rings is 1. The Labute approximate surface area is 132 Å². The van der Waals surface area contributed by atoms with E-state index in [1.807, 2.05) is 37.3 Å². The zero-order valence-corrected chi connectivity index (χ0v) is 12.8. The van der Waals surface area contributed by atoms with Crippen molar-refractivity contribution in [1.82, 2.24) is 9.55 Å². The molecule has 2 aromatic heterocycles. The second-order valence-electron chi connectivity index (χ2n) is 5.18. The Morgan fingerprint density at radius 2 is 2.13 bits per heavy atom. The van der Waals surface area contributed by atoms with Crippen molar-refractivity contribution >= 4 is 16.8 Å². The Bertz CT molecular complexity index is 885. The number of aryl methyl sites for hydroxylation is 1. The molecule has 23 heavy (non-hydrogen) atoms. The van der Waals surface area contributed by atoms with Crippen molar-refractivity contribution in [1.29, 1.82) is 0 Å². The predicted molar refractivity (Wildman–Crippen MR) is 86.7 cm³/mol. The van der Waals surface area contributed by atoms with Gasteiger partial charge >= 0.3 is 5.91 Å². The summed E-state index contributed by atoms with van der Waals surface area (Å²) in [4.78, 5) is 27.0. The summed E-state index contributed by atoms with van der Waals surface area (Å²) in [6.45, 7) is 2.31. The van der Waals surface area contributed by atoms with Gasteiger partial charge in [-0.25, -0.2) is 0 Å². The molecular formula is C17H15N3O3. The Morgan fingerprint density at radius 1 is 1.30 bits per heavy atom. The Kier molecular flexibility index (Phi) is 3.89. The number of aromatic nitrogens is 2. The lowest BCUT2D eigenvalue weighted by Crippen LogP contribution is -2.09. The maximum Gasteiger partial charge on any atom is 0.333 e. The summed E-state index contributed by atoms with van der Waals surface area (Å²) in [6.07, 6.45) is 1.69. The zero-order chi connectivity index (χ0) is 16.4. The molecule has 6 heteroatoms. The van der Waals surface area contributed by atoms with Crippen LogP contribution in [0.5, 0.6) is 5.75 Å². The van der Waals surface area contributed by atoms with E-state index in [1.54, 1.807) is 23.9 Å². The lowest BCUT2D eigenvalue weighted by molar-refractivity contribution is 0.0993. The van der Waals surface area contributed by atoms with Crippen molar-refractivity contribution in [3.8, 4) is 5.75 Å². The second-order valence-corrected chi connectivity index (χ2v) is 5.18. The average molecular weight is 309 g/mol. The first-order chi connectivity index (χ1) is 11.2. The van der Waals surface area contributed by atoms with Gasteiger partial charge in [-0.05, 0) is 36.8 Å². The fraction of sp³-hybridized carbons (Fsp3) is 0.176. The van der Waals surface area contributed by atoms with Crippen LogP contribution in [0.3, 0.4) is 0 Å². The van der Waals surface area contributed by atoms with Gasteiger partial charge in [0, 0.05) is 16.8 Å². The first kappa shape index (κ1) is 14.9. The predicted octanol–water partition coefficient (Wildman–Crippen LogP) is 3.31. The number of pyridine rings is 1. The molecule has 0 saturated heterocycles. The van der Waals surface area contributed by atoms with Gasteiger partial charge in [0.1, 0.15) is 11.4 Å². The van der Waals surface area contributed by atoms with Gasteiger partial charge in [-0.3, -0.25) is 9.78 Å². The van der Waals surface area contributed by atoms with Gasteiger partial charge in [0.15, 0.2) is 0 Å². The molecule has 0 saturated carbocycles. The van der Waals surface area contributed by atoms with Crippen molar-refractivity contribution in [3.05, 3.63) is 64.5 Å². The van der Waals surface area contributed by atoms with Crippen LogP contribution in [-0.2, 0) is 6.54 Å². The van der Waals surface area contributed by atoms with Crippen LogP contribution in [0.25, 0.3) is 10.9 Å². The molecule has 6 nitrogen and oxygen atoms in total. The molecule has 0 fully saturated rings. The lowest BCUT2D eigenvalue weighted by atomic mass is 10.1. The fourth-order valence-electron chi connectivity index (χ4n) is 2.75. The summed E-state index contributed by atoms with van der Waals surface area (Å²) in [5.41, 5.74) is 2.82. The third kappa shape index (κ3) is 2.59. The van der Waals surface area contributed by atoms with E-state index in [9.17, 15) is 9.70 Å². The molecule has 0 unspecified atom stereocenters. The SMILES string of the molecule is COc1ccc(C)c2c1cc(C(=O)N=O)n2Cc1ccccn1. The lowest BCUT2D eigenvalue weighted by Gasteiger charge is -2.10. The fourth-order valence-corrected chi connectivity index (χ4v) is 2.75. The maximum absolute atomic E-state index is 11.9. The number of amides is 1. The minimum Gasteiger partial charge on any atom is -0.496 e. The smallest absolute Gasteiger partial charge is 0.333 e. The van der Waals surface area contributed by atoms with E-state index >= 15 is 0 Å². The minimum atomic E-state index is -0.807. The number of rotatable bonds is 4. The normalized spacial score (nSPS) is 10.7. The van der Waals surface area contributed by atoms with E-state index < -0.39 is 5.91 Å². The standard InChI is InChI=1S/C17H15N3O3/c1-11-6-7-15(23-2)13-9-14(17(21)19-22)20(16(11)13)10-12-5-3-4-8-18-12/h3-9H,10H2,1-2H3. The highest BCUT2D eigenvalue weighted by atomic mass is 16.5. The summed E-state index contributed by atoms with van der Waals surface area (Å²) in [7, 11) is 1.57. The minimum absolute atomic E-state index is 0.230. The molecule has 1 aromatic carbocycles. The molecule has 0 spiro atoms. The first-order valence-electron chi connectivity index (χ1n) is 7.10. The number of carbonyl (C=O) groups is 1. The molecule has 0 bridgehead atoms. The molecule has 3 rings (SSSR count). The van der Waals surface area contributed by atoms with E-state index in [2.05, 4.69) is 10.2 Å². The molecule has 3 aromatic rings. The van der Waals surface area contributed by atoms with Crippen LogP contribution in [0.4, 0.5) is 0 Å². The summed E-state index contributed by atoms with van der Waals surface area (Å²) < 4.78 is 7.13. The van der Waals surface area contributed by atoms with Crippen molar-refractivity contribution in [3.63, 3.8) is 0 Å². The van der Waals surface area contributed by atoms with Crippen LogP contribution < -0.4 is 4.74 Å². The Morgan fingerprint density at radius 3 is 2.78 bits per heavy atom. The summed E-state index contributed by atoms with van der Waals surface area (Å²) in [5, 5.41) is 3.34. The summed E-state index contributed by atoms with van der Waals surface area (Å²) in [5.74, 6) is -0.163. The monoisotopic (exact) mass is 309 g/mol. The van der Waals surface area contributed by atoms with Crippen molar-refractivity contribution in [2.45, 2.75) is 13.5 Å².